The highest BCUT2D eigenvalue weighted by Crippen LogP contribution is 2.36. The first-order valence-corrected chi connectivity index (χ1v) is 12.7. The van der Waals surface area contributed by atoms with Crippen LogP contribution in [0, 0.1) is 0 Å². The van der Waals surface area contributed by atoms with Crippen molar-refractivity contribution in [3.63, 3.8) is 0 Å². The van der Waals surface area contributed by atoms with E-state index in [1.165, 1.54) is 0 Å². The smallest absolute Gasteiger partial charge is 0.320 e. The summed E-state index contributed by atoms with van der Waals surface area (Å²) in [6.07, 6.45) is 8.60. The Kier molecular flexibility index (Phi) is 5.76. The summed E-state index contributed by atoms with van der Waals surface area (Å²) in [5, 5.41) is 0.908. The molecule has 3 aliphatic rings. The molecule has 7 heteroatoms. The third kappa shape index (κ3) is 4.09. The normalized spacial score (nSPS) is 19.4. The number of allylic oxidation sites excluding steroid dienone is 1. The highest BCUT2D eigenvalue weighted by atomic mass is 16.3. The second-order valence-electron chi connectivity index (χ2n) is 9.63. The number of piperazine rings is 1. The predicted octanol–water partition coefficient (Wildman–Crippen LogP) is 4.68. The van der Waals surface area contributed by atoms with Crippen LogP contribution in [0.1, 0.15) is 53.1 Å². The number of para-hydroxylation sites is 1. The molecule has 35 heavy (non-hydrogen) atoms. The molecule has 0 atom stereocenters. The molecule has 1 aromatic carbocycles. The molecule has 0 unspecified atom stereocenters. The highest BCUT2D eigenvalue weighted by Gasteiger charge is 2.32. The Balaban J connectivity index is 1.32. The van der Waals surface area contributed by atoms with Crippen molar-refractivity contribution < 1.29 is 14.0 Å². The predicted molar refractivity (Wildman–Crippen MR) is 135 cm³/mol. The van der Waals surface area contributed by atoms with Crippen LogP contribution in [0.3, 0.4) is 0 Å². The number of urea groups is 1. The maximum atomic E-state index is 14.0. The Morgan fingerprint density at radius 3 is 2.34 bits per heavy atom. The summed E-state index contributed by atoms with van der Waals surface area (Å²) in [6, 6.07) is 11.9. The van der Waals surface area contributed by atoms with E-state index >= 15 is 0 Å². The minimum atomic E-state index is 0.0485. The summed E-state index contributed by atoms with van der Waals surface area (Å²) >= 11 is 0. The lowest BCUT2D eigenvalue weighted by Crippen LogP contribution is -2.53. The SMILES string of the molecule is O=C(c1c2c(nc3ccccc13)/C(=C\c1ccco1)CCC2)N1CCN(C(=O)N2CCCC2)CC1. The number of carbonyl (C=O) groups is 2. The molecular formula is C28H30N4O3. The number of hydrogen-bond acceptors (Lipinski definition) is 4. The first kappa shape index (κ1) is 21.9. The Hall–Kier alpha value is -3.61. The summed E-state index contributed by atoms with van der Waals surface area (Å²) in [4.78, 5) is 37.6. The van der Waals surface area contributed by atoms with Crippen molar-refractivity contribution in [2.45, 2.75) is 32.1 Å². The highest BCUT2D eigenvalue weighted by molar-refractivity contribution is 6.09. The van der Waals surface area contributed by atoms with Gasteiger partial charge in [0, 0.05) is 44.7 Å². The number of aromatic nitrogens is 1. The van der Waals surface area contributed by atoms with Gasteiger partial charge >= 0.3 is 6.03 Å². The molecule has 3 amide bonds. The van der Waals surface area contributed by atoms with Crippen LogP contribution in [0.2, 0.25) is 0 Å². The number of carbonyl (C=O) groups excluding carboxylic acids is 2. The summed E-state index contributed by atoms with van der Waals surface area (Å²) in [6.45, 7) is 3.96. The van der Waals surface area contributed by atoms with Gasteiger partial charge in [-0.15, -0.1) is 0 Å². The summed E-state index contributed by atoms with van der Waals surface area (Å²) in [5.74, 6) is 0.849. The van der Waals surface area contributed by atoms with Gasteiger partial charge in [0.25, 0.3) is 5.91 Å². The minimum absolute atomic E-state index is 0.0485. The van der Waals surface area contributed by atoms with Gasteiger partial charge in [0.2, 0.25) is 0 Å². The molecule has 0 spiro atoms. The van der Waals surface area contributed by atoms with Crippen LogP contribution < -0.4 is 0 Å². The van der Waals surface area contributed by atoms with Gasteiger partial charge in [-0.25, -0.2) is 9.78 Å². The van der Waals surface area contributed by atoms with Gasteiger partial charge in [-0.2, -0.15) is 0 Å². The maximum absolute atomic E-state index is 14.0. The topological polar surface area (TPSA) is 69.9 Å². The standard InChI is InChI=1S/C28H30N4O3/c33-27(30-14-16-32(17-15-30)28(34)31-12-3-4-13-31)25-22-9-1-2-11-24(22)29-26-20(7-5-10-23(25)26)19-21-8-6-18-35-21/h1-2,6,8-9,11,18-19H,3-5,7,10,12-17H2/b20-19-. The third-order valence-electron chi connectivity index (χ3n) is 7.46. The van der Waals surface area contributed by atoms with Crippen LogP contribution in [0.25, 0.3) is 22.6 Å². The van der Waals surface area contributed by atoms with Gasteiger partial charge in [-0.1, -0.05) is 18.2 Å². The van der Waals surface area contributed by atoms with Crippen molar-refractivity contribution >= 4 is 34.5 Å². The lowest BCUT2D eigenvalue weighted by molar-refractivity contribution is 0.0645. The number of furan rings is 1. The molecule has 0 bridgehead atoms. The molecule has 0 saturated carbocycles. The monoisotopic (exact) mass is 470 g/mol. The molecule has 3 aromatic rings. The molecule has 6 rings (SSSR count). The molecule has 7 nitrogen and oxygen atoms in total. The minimum Gasteiger partial charge on any atom is -0.465 e. The molecule has 2 aliphatic heterocycles. The van der Waals surface area contributed by atoms with Crippen molar-refractivity contribution in [2.75, 3.05) is 39.3 Å². The summed E-state index contributed by atoms with van der Waals surface area (Å²) in [7, 11) is 0. The molecule has 0 radical (unpaired) electrons. The van der Waals surface area contributed by atoms with Crippen molar-refractivity contribution in [1.82, 2.24) is 19.7 Å². The third-order valence-corrected chi connectivity index (χ3v) is 7.46. The fourth-order valence-corrected chi connectivity index (χ4v) is 5.63. The van der Waals surface area contributed by atoms with E-state index in [4.69, 9.17) is 9.40 Å². The molecule has 2 fully saturated rings. The Morgan fingerprint density at radius 2 is 1.57 bits per heavy atom. The lowest BCUT2D eigenvalue weighted by atomic mass is 9.85. The van der Waals surface area contributed by atoms with Crippen LogP contribution in [-0.4, -0.2) is 70.9 Å². The number of amides is 3. The van der Waals surface area contributed by atoms with Crippen molar-refractivity contribution in [1.29, 1.82) is 0 Å². The van der Waals surface area contributed by atoms with Crippen LogP contribution in [0.5, 0.6) is 0 Å². The number of nitrogens with zero attached hydrogens (tertiary/aromatic N) is 4. The number of pyridine rings is 1. The Bertz CT molecular complexity index is 1280. The van der Waals surface area contributed by atoms with E-state index in [2.05, 4.69) is 6.08 Å². The molecule has 4 heterocycles. The van der Waals surface area contributed by atoms with E-state index in [0.717, 1.165) is 84.3 Å². The van der Waals surface area contributed by atoms with E-state index < -0.39 is 0 Å². The van der Waals surface area contributed by atoms with Gasteiger partial charge in [-0.3, -0.25) is 4.79 Å². The fraction of sp³-hybridized carbons (Fsp3) is 0.393. The number of rotatable bonds is 2. The summed E-state index contributed by atoms with van der Waals surface area (Å²) in [5.41, 5.74) is 4.67. The lowest BCUT2D eigenvalue weighted by Gasteiger charge is -2.37. The molecular weight excluding hydrogens is 440 g/mol. The van der Waals surface area contributed by atoms with Crippen molar-refractivity contribution in [2.24, 2.45) is 0 Å². The second kappa shape index (κ2) is 9.21. The van der Waals surface area contributed by atoms with Crippen LogP contribution in [0.4, 0.5) is 4.79 Å². The van der Waals surface area contributed by atoms with Gasteiger partial charge in [-0.05, 0) is 67.5 Å². The zero-order valence-corrected chi connectivity index (χ0v) is 19.9. The second-order valence-corrected chi connectivity index (χ2v) is 9.63. The van der Waals surface area contributed by atoms with Gasteiger partial charge in [0.05, 0.1) is 23.0 Å². The quantitative estimate of drug-likeness (QED) is 0.545. The average Bonchev–Trinajstić information content (AvgIpc) is 3.62. The zero-order chi connectivity index (χ0) is 23.8. The largest absolute Gasteiger partial charge is 0.465 e. The Labute approximate surface area is 205 Å². The van der Waals surface area contributed by atoms with E-state index in [1.54, 1.807) is 6.26 Å². The summed E-state index contributed by atoms with van der Waals surface area (Å²) < 4.78 is 5.56. The molecule has 2 saturated heterocycles. The van der Waals surface area contributed by atoms with Gasteiger partial charge < -0.3 is 19.1 Å². The zero-order valence-electron chi connectivity index (χ0n) is 19.9. The average molecular weight is 471 g/mol. The molecule has 1 aliphatic carbocycles. The van der Waals surface area contributed by atoms with E-state index in [-0.39, 0.29) is 11.9 Å². The van der Waals surface area contributed by atoms with Crippen molar-refractivity contribution in [3.8, 4) is 0 Å². The van der Waals surface area contributed by atoms with E-state index in [0.29, 0.717) is 26.2 Å². The van der Waals surface area contributed by atoms with E-state index in [9.17, 15) is 9.59 Å². The van der Waals surface area contributed by atoms with Crippen LogP contribution in [0.15, 0.2) is 47.1 Å². The van der Waals surface area contributed by atoms with E-state index in [1.807, 2.05) is 51.1 Å². The first-order chi connectivity index (χ1) is 17.2. The number of likely N-dealkylation sites (tertiary alicyclic amines) is 1. The molecule has 180 valence electrons. The van der Waals surface area contributed by atoms with Crippen LogP contribution in [-0.2, 0) is 6.42 Å². The molecule has 0 N–H and O–H groups in total. The Morgan fingerprint density at radius 1 is 0.829 bits per heavy atom. The van der Waals surface area contributed by atoms with Gasteiger partial charge in [0.1, 0.15) is 5.76 Å². The maximum Gasteiger partial charge on any atom is 0.320 e. The van der Waals surface area contributed by atoms with Gasteiger partial charge in [0.15, 0.2) is 0 Å². The number of benzene rings is 1. The number of hydrogen-bond donors (Lipinski definition) is 0. The van der Waals surface area contributed by atoms with Crippen molar-refractivity contribution in [3.05, 3.63) is 65.2 Å². The van der Waals surface area contributed by atoms with Crippen LogP contribution >= 0.6 is 0 Å². The number of fused-ring (bicyclic) bond motifs is 2. The molecule has 2 aromatic heterocycles. The first-order valence-electron chi connectivity index (χ1n) is 12.7. The fourth-order valence-electron chi connectivity index (χ4n) is 5.63.